The molecule has 10 heteroatoms. The van der Waals surface area contributed by atoms with Crippen LogP contribution in [0.1, 0.15) is 43.7 Å². The summed E-state index contributed by atoms with van der Waals surface area (Å²) in [6.07, 6.45) is 1.37. The minimum Gasteiger partial charge on any atom is -0.363 e. The van der Waals surface area contributed by atoms with E-state index in [-0.39, 0.29) is 22.8 Å². The molecule has 0 aliphatic carbocycles. The molecule has 1 aliphatic rings. The molecule has 7 nitrogen and oxygen atoms in total. The molecule has 31 heavy (non-hydrogen) atoms. The van der Waals surface area contributed by atoms with Gasteiger partial charge in [-0.05, 0) is 61.2 Å². The fourth-order valence-corrected chi connectivity index (χ4v) is 6.77. The van der Waals surface area contributed by atoms with Gasteiger partial charge in [-0.2, -0.15) is 0 Å². The van der Waals surface area contributed by atoms with Gasteiger partial charge >= 0.3 is 0 Å². The van der Waals surface area contributed by atoms with Gasteiger partial charge in [0.25, 0.3) is 5.91 Å². The van der Waals surface area contributed by atoms with Crippen molar-refractivity contribution in [1.29, 1.82) is 5.41 Å². The van der Waals surface area contributed by atoms with Crippen molar-refractivity contribution in [3.05, 3.63) is 58.6 Å². The number of amides is 1. The van der Waals surface area contributed by atoms with Gasteiger partial charge in [0, 0.05) is 29.7 Å². The predicted molar refractivity (Wildman–Crippen MR) is 124 cm³/mol. The van der Waals surface area contributed by atoms with Crippen molar-refractivity contribution < 1.29 is 13.4 Å². The Labute approximate surface area is 187 Å². The summed E-state index contributed by atoms with van der Waals surface area (Å²) in [5.74, 6) is -0.808. The van der Waals surface area contributed by atoms with Crippen molar-refractivity contribution in [3.63, 3.8) is 0 Å². The molecule has 2 aromatic rings. The summed E-state index contributed by atoms with van der Waals surface area (Å²) >= 11 is 5.81. The smallest absolute Gasteiger partial charge is 0.274 e. The first kappa shape index (κ1) is 23.3. The largest absolute Gasteiger partial charge is 0.363 e. The van der Waals surface area contributed by atoms with E-state index in [4.69, 9.17) is 17.0 Å². The molecule has 168 valence electrons. The van der Waals surface area contributed by atoms with Crippen LogP contribution < -0.4 is 15.4 Å². The Bertz CT molecular complexity index is 1080. The van der Waals surface area contributed by atoms with Crippen LogP contribution >= 0.6 is 11.6 Å². The molecule has 2 heterocycles. The number of anilines is 1. The average molecular weight is 468 g/mol. The SMILES string of the molecule is CCN[SH]1(=O)C[C@@](C)(c2cc(NC(=O)c3ccc(Cl)cn3)ccc2F)NC(=N)C1(C)C. The van der Waals surface area contributed by atoms with Gasteiger partial charge in [-0.3, -0.25) is 19.1 Å². The van der Waals surface area contributed by atoms with Crippen molar-refractivity contribution >= 4 is 39.1 Å². The lowest BCUT2D eigenvalue weighted by molar-refractivity contribution is 0.102. The van der Waals surface area contributed by atoms with E-state index in [0.29, 0.717) is 17.3 Å². The number of hydrogen-bond donors (Lipinski definition) is 5. The third-order valence-corrected chi connectivity index (χ3v) is 9.80. The monoisotopic (exact) mass is 467 g/mol. The van der Waals surface area contributed by atoms with Crippen LogP contribution in [0.5, 0.6) is 0 Å². The molecule has 3 rings (SSSR count). The molecular formula is C21H27ClFN5O2S. The summed E-state index contributed by atoms with van der Waals surface area (Å²) < 4.78 is 30.8. The zero-order valence-corrected chi connectivity index (χ0v) is 19.5. The molecule has 1 aromatic heterocycles. The van der Waals surface area contributed by atoms with Gasteiger partial charge in [0.05, 0.1) is 15.3 Å². The minimum absolute atomic E-state index is 0.0738. The van der Waals surface area contributed by atoms with Gasteiger partial charge in [0.2, 0.25) is 0 Å². The Morgan fingerprint density at radius 3 is 2.65 bits per heavy atom. The van der Waals surface area contributed by atoms with Crippen molar-refractivity contribution in [3.8, 4) is 0 Å². The van der Waals surface area contributed by atoms with Gasteiger partial charge in [0.1, 0.15) is 17.3 Å². The standard InChI is InChI=1S/C21H27ClFN5O2S/c1-5-26-31(30)12-21(4,28-19(24)20(31,2)3)15-10-14(7-8-16(15)23)27-18(29)17-9-6-13(22)11-25-17/h6-11,31H,5,12H2,1-4H3,(H2,24,28)(H,26,30)(H,27,29)/t21-/m0/s1. The summed E-state index contributed by atoms with van der Waals surface area (Å²) in [4.78, 5) is 16.5. The van der Waals surface area contributed by atoms with Crippen LogP contribution in [0.4, 0.5) is 10.1 Å². The summed E-state index contributed by atoms with van der Waals surface area (Å²) in [6, 6.07) is 7.23. The number of pyridine rings is 1. The maximum Gasteiger partial charge on any atom is 0.274 e. The fourth-order valence-electron chi connectivity index (χ4n) is 3.68. The van der Waals surface area contributed by atoms with Crippen LogP contribution in [0.25, 0.3) is 0 Å². The highest BCUT2D eigenvalue weighted by atomic mass is 35.5. The Kier molecular flexibility index (Phi) is 6.23. The van der Waals surface area contributed by atoms with Crippen molar-refractivity contribution in [2.75, 3.05) is 17.6 Å². The molecule has 1 atom stereocenters. The van der Waals surface area contributed by atoms with Crippen molar-refractivity contribution in [2.45, 2.75) is 38.0 Å². The number of halogens is 2. The third kappa shape index (κ3) is 4.35. The highest BCUT2D eigenvalue weighted by Crippen LogP contribution is 2.38. The fraction of sp³-hybridized carbons (Fsp3) is 0.381. The van der Waals surface area contributed by atoms with Gasteiger partial charge in [-0.25, -0.2) is 9.37 Å². The van der Waals surface area contributed by atoms with Crippen molar-refractivity contribution in [1.82, 2.24) is 15.0 Å². The van der Waals surface area contributed by atoms with Gasteiger partial charge in [0.15, 0.2) is 0 Å². The second-order valence-corrected chi connectivity index (χ2v) is 12.0. The molecule has 0 radical (unpaired) electrons. The molecular weight excluding hydrogens is 441 g/mol. The lowest BCUT2D eigenvalue weighted by Gasteiger charge is -2.52. The number of amidine groups is 1. The number of carbonyl (C=O) groups is 1. The maximum atomic E-state index is 14.9. The lowest BCUT2D eigenvalue weighted by atomic mass is 9.91. The minimum atomic E-state index is -3.09. The zero-order chi connectivity index (χ0) is 23.0. The van der Waals surface area contributed by atoms with Gasteiger partial charge in [-0.1, -0.05) is 18.5 Å². The quantitative estimate of drug-likeness (QED) is 0.435. The highest BCUT2D eigenvalue weighted by molar-refractivity contribution is 8.03. The molecule has 0 bridgehead atoms. The molecule has 4 N–H and O–H groups in total. The predicted octanol–water partition coefficient (Wildman–Crippen LogP) is 3.24. The van der Waals surface area contributed by atoms with E-state index in [1.54, 1.807) is 26.8 Å². The lowest BCUT2D eigenvalue weighted by Crippen LogP contribution is -2.70. The molecule has 0 unspecified atom stereocenters. The number of nitrogens with zero attached hydrogens (tertiary/aromatic N) is 1. The van der Waals surface area contributed by atoms with E-state index < -0.39 is 32.1 Å². The number of aromatic nitrogens is 1. The summed E-state index contributed by atoms with van der Waals surface area (Å²) in [5.41, 5.74) is -0.366. The molecule has 1 fully saturated rings. The van der Waals surface area contributed by atoms with E-state index in [9.17, 15) is 13.4 Å². The number of hydrogen-bond acceptors (Lipinski definition) is 4. The van der Waals surface area contributed by atoms with Gasteiger partial charge in [-0.15, -0.1) is 0 Å². The maximum absolute atomic E-state index is 14.9. The molecule has 1 aromatic carbocycles. The van der Waals surface area contributed by atoms with E-state index in [1.165, 1.54) is 30.5 Å². The second-order valence-electron chi connectivity index (χ2n) is 8.31. The Morgan fingerprint density at radius 2 is 2.03 bits per heavy atom. The summed E-state index contributed by atoms with van der Waals surface area (Å²) in [6.45, 7) is 7.53. The number of carbonyl (C=O) groups excluding carboxylic acids is 1. The molecule has 1 saturated heterocycles. The number of benzene rings is 1. The Hall–Kier alpha value is -2.36. The first-order valence-electron chi connectivity index (χ1n) is 9.86. The van der Waals surface area contributed by atoms with E-state index in [2.05, 4.69) is 20.3 Å². The summed E-state index contributed by atoms with van der Waals surface area (Å²) in [5, 5.41) is 14.6. The van der Waals surface area contributed by atoms with Crippen LogP contribution in [-0.2, 0) is 15.7 Å². The zero-order valence-electron chi connectivity index (χ0n) is 17.8. The number of rotatable bonds is 5. The molecule has 1 amide bonds. The Balaban J connectivity index is 1.95. The first-order valence-corrected chi connectivity index (χ1v) is 12.1. The molecule has 1 aliphatic heterocycles. The van der Waals surface area contributed by atoms with Crippen LogP contribution in [0.3, 0.4) is 0 Å². The van der Waals surface area contributed by atoms with Gasteiger partial charge < -0.3 is 10.6 Å². The number of thiol groups is 1. The molecule has 0 saturated carbocycles. The highest BCUT2D eigenvalue weighted by Gasteiger charge is 2.50. The second kappa shape index (κ2) is 8.29. The van der Waals surface area contributed by atoms with Crippen molar-refractivity contribution in [2.24, 2.45) is 0 Å². The van der Waals surface area contributed by atoms with E-state index in [1.807, 2.05) is 6.92 Å². The summed E-state index contributed by atoms with van der Waals surface area (Å²) in [7, 11) is -3.09. The van der Waals surface area contributed by atoms with E-state index >= 15 is 0 Å². The average Bonchev–Trinajstić information content (AvgIpc) is 2.68. The third-order valence-electron chi connectivity index (χ3n) is 5.65. The Morgan fingerprint density at radius 1 is 1.32 bits per heavy atom. The van der Waals surface area contributed by atoms with Crippen LogP contribution in [0.2, 0.25) is 5.02 Å². The normalized spacial score (nSPS) is 23.0. The van der Waals surface area contributed by atoms with Crippen LogP contribution in [0, 0.1) is 11.2 Å². The first-order chi connectivity index (χ1) is 14.4. The number of nitrogens with one attached hydrogen (secondary N) is 4. The van der Waals surface area contributed by atoms with Crippen LogP contribution in [0.15, 0.2) is 36.5 Å². The van der Waals surface area contributed by atoms with Crippen LogP contribution in [-0.4, -0.2) is 38.0 Å². The molecule has 0 spiro atoms. The topological polar surface area (TPSA) is 107 Å². The van der Waals surface area contributed by atoms with E-state index in [0.717, 1.165) is 0 Å².